The number of nitrogens with zero attached hydrogens (tertiary/aromatic N) is 3. The topological polar surface area (TPSA) is 63.6 Å². The molecule has 5 aromatic rings. The fraction of sp³-hybridized carbons (Fsp3) is 0.0385. The summed E-state index contributed by atoms with van der Waals surface area (Å²) in [7, 11) is 0. The summed E-state index contributed by atoms with van der Waals surface area (Å²) in [6.45, 7) is 2.05. The first kappa shape index (κ1) is 18.8. The first-order valence-corrected chi connectivity index (χ1v) is 10.1. The van der Waals surface area contributed by atoms with Crippen LogP contribution >= 0.6 is 0 Å². The summed E-state index contributed by atoms with van der Waals surface area (Å²) in [5.74, 6) is 0.309. The van der Waals surface area contributed by atoms with Gasteiger partial charge in [-0.1, -0.05) is 90.5 Å². The van der Waals surface area contributed by atoms with E-state index in [1.165, 1.54) is 10.2 Å². The van der Waals surface area contributed by atoms with Crippen molar-refractivity contribution in [1.82, 2.24) is 19.7 Å². The van der Waals surface area contributed by atoms with Crippen LogP contribution in [0.1, 0.15) is 5.56 Å². The van der Waals surface area contributed by atoms with E-state index in [9.17, 15) is 4.79 Å². The first-order chi connectivity index (χ1) is 15.2. The van der Waals surface area contributed by atoms with E-state index in [0.29, 0.717) is 5.95 Å². The molecule has 0 aliphatic rings. The van der Waals surface area contributed by atoms with Gasteiger partial charge in [-0.15, -0.1) is 0 Å². The molecule has 0 fully saturated rings. The molecular weight excluding hydrogens is 384 g/mol. The zero-order chi connectivity index (χ0) is 21.2. The average molecular weight is 404 g/mol. The third kappa shape index (κ3) is 3.81. The summed E-state index contributed by atoms with van der Waals surface area (Å²) in [6.07, 6.45) is 0. The van der Waals surface area contributed by atoms with Crippen molar-refractivity contribution in [3.63, 3.8) is 0 Å². The van der Waals surface area contributed by atoms with Crippen molar-refractivity contribution < 1.29 is 0 Å². The van der Waals surface area contributed by atoms with E-state index in [-0.39, 0.29) is 5.56 Å². The molecule has 0 amide bonds. The minimum Gasteiger partial charge on any atom is -0.288 e. The van der Waals surface area contributed by atoms with Crippen LogP contribution in [-0.4, -0.2) is 19.7 Å². The van der Waals surface area contributed by atoms with Gasteiger partial charge in [0, 0.05) is 17.2 Å². The Morgan fingerprint density at radius 3 is 1.84 bits per heavy atom. The highest BCUT2D eigenvalue weighted by Crippen LogP contribution is 2.25. The molecule has 0 saturated carbocycles. The van der Waals surface area contributed by atoms with Crippen molar-refractivity contribution in [3.05, 3.63) is 113 Å². The number of aromatic amines is 1. The lowest BCUT2D eigenvalue weighted by atomic mass is 10.1. The van der Waals surface area contributed by atoms with Gasteiger partial charge in [-0.05, 0) is 18.6 Å². The van der Waals surface area contributed by atoms with Crippen molar-refractivity contribution in [2.24, 2.45) is 0 Å². The largest absolute Gasteiger partial charge is 0.288 e. The van der Waals surface area contributed by atoms with Crippen LogP contribution in [0.2, 0.25) is 0 Å². The maximum absolute atomic E-state index is 12.8. The zero-order valence-electron chi connectivity index (χ0n) is 17.0. The molecule has 0 atom stereocenters. The second kappa shape index (κ2) is 7.88. The Morgan fingerprint density at radius 2 is 1.23 bits per heavy atom. The summed E-state index contributed by atoms with van der Waals surface area (Å²) in [4.78, 5) is 22.2. The van der Waals surface area contributed by atoms with Crippen molar-refractivity contribution >= 4 is 0 Å². The standard InChI is InChI=1S/C26H20N4O/c1-18-12-14-21(15-13-18)23-16-22(19-8-4-2-5-9-19)27-26(28-23)30-25(31)17-24(29-30)20-10-6-3-7-11-20/h2-17,29H,1H3. The maximum atomic E-state index is 12.8. The highest BCUT2D eigenvalue weighted by atomic mass is 16.1. The van der Waals surface area contributed by atoms with Crippen molar-refractivity contribution in [2.45, 2.75) is 6.92 Å². The highest BCUT2D eigenvalue weighted by Gasteiger charge is 2.14. The Kier molecular flexibility index (Phi) is 4.77. The summed E-state index contributed by atoms with van der Waals surface area (Å²) in [5, 5.41) is 3.16. The van der Waals surface area contributed by atoms with E-state index < -0.39 is 0 Å². The lowest BCUT2D eigenvalue weighted by molar-refractivity contribution is 0.789. The molecular formula is C26H20N4O. The van der Waals surface area contributed by atoms with E-state index in [2.05, 4.69) is 5.10 Å². The van der Waals surface area contributed by atoms with Gasteiger partial charge in [0.25, 0.3) is 11.5 Å². The molecule has 0 aliphatic carbocycles. The van der Waals surface area contributed by atoms with Crippen LogP contribution in [0.15, 0.2) is 102 Å². The molecule has 0 spiro atoms. The van der Waals surface area contributed by atoms with Gasteiger partial charge in [0.2, 0.25) is 0 Å². The normalized spacial score (nSPS) is 10.9. The molecule has 2 heterocycles. The van der Waals surface area contributed by atoms with Gasteiger partial charge in [0.1, 0.15) is 0 Å². The minimum absolute atomic E-state index is 0.209. The molecule has 150 valence electrons. The molecule has 0 bridgehead atoms. The van der Waals surface area contributed by atoms with Gasteiger partial charge in [0.05, 0.1) is 17.1 Å². The van der Waals surface area contributed by atoms with Crippen molar-refractivity contribution in [3.8, 4) is 39.7 Å². The summed E-state index contributed by atoms with van der Waals surface area (Å²) in [6, 6.07) is 31.3. The minimum atomic E-state index is -0.209. The van der Waals surface area contributed by atoms with Crippen LogP contribution < -0.4 is 5.56 Å². The fourth-order valence-corrected chi connectivity index (χ4v) is 3.47. The van der Waals surface area contributed by atoms with Crippen LogP contribution in [0.5, 0.6) is 0 Å². The Labute approximate surface area is 179 Å². The van der Waals surface area contributed by atoms with E-state index in [4.69, 9.17) is 9.97 Å². The second-order valence-corrected chi connectivity index (χ2v) is 7.38. The zero-order valence-corrected chi connectivity index (χ0v) is 17.0. The van der Waals surface area contributed by atoms with E-state index in [0.717, 1.165) is 33.8 Å². The van der Waals surface area contributed by atoms with Gasteiger partial charge >= 0.3 is 0 Å². The summed E-state index contributed by atoms with van der Waals surface area (Å²) >= 11 is 0. The molecule has 1 N–H and O–H groups in total. The van der Waals surface area contributed by atoms with Gasteiger partial charge < -0.3 is 0 Å². The first-order valence-electron chi connectivity index (χ1n) is 10.1. The van der Waals surface area contributed by atoms with Crippen molar-refractivity contribution in [2.75, 3.05) is 0 Å². The Hall–Kier alpha value is -4.25. The van der Waals surface area contributed by atoms with Gasteiger partial charge in [0.15, 0.2) is 0 Å². The number of aromatic nitrogens is 4. The number of hydrogen-bond donors (Lipinski definition) is 1. The van der Waals surface area contributed by atoms with E-state index >= 15 is 0 Å². The van der Waals surface area contributed by atoms with Crippen LogP contribution in [0, 0.1) is 6.92 Å². The fourth-order valence-electron chi connectivity index (χ4n) is 3.47. The predicted octanol–water partition coefficient (Wildman–Crippen LogP) is 5.27. The number of aryl methyl sites for hydroxylation is 1. The molecule has 31 heavy (non-hydrogen) atoms. The molecule has 5 rings (SSSR count). The quantitative estimate of drug-likeness (QED) is 0.444. The number of benzene rings is 3. The molecule has 2 aromatic heterocycles. The Balaban J connectivity index is 1.68. The average Bonchev–Trinajstić information content (AvgIpc) is 3.22. The second-order valence-electron chi connectivity index (χ2n) is 7.38. The van der Waals surface area contributed by atoms with Gasteiger partial charge in [-0.2, -0.15) is 4.68 Å². The third-order valence-electron chi connectivity index (χ3n) is 5.14. The SMILES string of the molecule is Cc1ccc(-c2cc(-c3ccccc3)nc(-n3[nH]c(-c4ccccc4)cc3=O)n2)cc1. The summed E-state index contributed by atoms with van der Waals surface area (Å²) < 4.78 is 1.40. The number of rotatable bonds is 4. The number of hydrogen-bond acceptors (Lipinski definition) is 3. The number of H-pyrrole nitrogens is 1. The molecule has 3 aromatic carbocycles. The molecule has 0 saturated heterocycles. The molecule has 5 heteroatoms. The lowest BCUT2D eigenvalue weighted by Crippen LogP contribution is -2.17. The van der Waals surface area contributed by atoms with Gasteiger partial charge in [-0.25, -0.2) is 9.97 Å². The molecule has 0 unspecified atom stereocenters. The lowest BCUT2D eigenvalue weighted by Gasteiger charge is -2.09. The molecule has 5 nitrogen and oxygen atoms in total. The molecule has 0 aliphatic heterocycles. The van der Waals surface area contributed by atoms with Crippen LogP contribution in [-0.2, 0) is 0 Å². The van der Waals surface area contributed by atoms with E-state index in [1.807, 2.05) is 97.9 Å². The van der Waals surface area contributed by atoms with Crippen molar-refractivity contribution in [1.29, 1.82) is 0 Å². The van der Waals surface area contributed by atoms with Crippen LogP contribution in [0.25, 0.3) is 39.7 Å². The third-order valence-corrected chi connectivity index (χ3v) is 5.14. The molecule has 0 radical (unpaired) electrons. The highest BCUT2D eigenvalue weighted by molar-refractivity contribution is 5.69. The smallest absolute Gasteiger partial charge is 0.274 e. The Bertz CT molecular complexity index is 1390. The van der Waals surface area contributed by atoms with Crippen LogP contribution in [0.4, 0.5) is 0 Å². The Morgan fingerprint density at radius 1 is 0.677 bits per heavy atom. The predicted molar refractivity (Wildman–Crippen MR) is 123 cm³/mol. The van der Waals surface area contributed by atoms with E-state index in [1.54, 1.807) is 6.07 Å². The monoisotopic (exact) mass is 404 g/mol. The van der Waals surface area contributed by atoms with Gasteiger partial charge in [-0.3, -0.25) is 9.89 Å². The van der Waals surface area contributed by atoms with Crippen LogP contribution in [0.3, 0.4) is 0 Å². The summed E-state index contributed by atoms with van der Waals surface area (Å²) in [5.41, 5.74) is 6.05. The number of nitrogens with one attached hydrogen (secondary N) is 1. The maximum Gasteiger partial charge on any atom is 0.274 e.